The van der Waals surface area contributed by atoms with Crippen LogP contribution in [0.2, 0.25) is 0 Å². The van der Waals surface area contributed by atoms with E-state index in [4.69, 9.17) is 0 Å². The number of aromatic nitrogens is 4. The lowest BCUT2D eigenvalue weighted by Gasteiger charge is -2.40. The number of rotatable bonds is 2. The van der Waals surface area contributed by atoms with Gasteiger partial charge in [0.2, 0.25) is 5.95 Å². The molecule has 8 heteroatoms. The van der Waals surface area contributed by atoms with Crippen LogP contribution in [0, 0.1) is 5.95 Å². The molecule has 1 aliphatic rings. The van der Waals surface area contributed by atoms with Crippen LogP contribution in [0.4, 0.5) is 10.2 Å². The fourth-order valence-electron chi connectivity index (χ4n) is 2.51. The van der Waals surface area contributed by atoms with Crippen LogP contribution >= 0.6 is 0 Å². The molecule has 0 bridgehead atoms. The summed E-state index contributed by atoms with van der Waals surface area (Å²) < 4.78 is 13.2. The van der Waals surface area contributed by atoms with E-state index in [9.17, 15) is 9.18 Å². The van der Waals surface area contributed by atoms with Gasteiger partial charge in [0.1, 0.15) is 5.82 Å². The smallest absolute Gasteiger partial charge is 0.276 e. The van der Waals surface area contributed by atoms with Crippen molar-refractivity contribution in [3.8, 4) is 0 Å². The maximum absolute atomic E-state index is 13.2. The maximum Gasteiger partial charge on any atom is 0.276 e. The molecule has 0 aliphatic carbocycles. The van der Waals surface area contributed by atoms with Crippen LogP contribution in [0.15, 0.2) is 24.4 Å². The van der Waals surface area contributed by atoms with Crippen molar-refractivity contribution in [2.75, 3.05) is 24.5 Å². The van der Waals surface area contributed by atoms with Crippen molar-refractivity contribution < 1.29 is 9.18 Å². The fourth-order valence-corrected chi connectivity index (χ4v) is 2.51. The summed E-state index contributed by atoms with van der Waals surface area (Å²) in [5.41, 5.74) is 0.305. The Kier molecular flexibility index (Phi) is 3.51. The highest BCUT2D eigenvalue weighted by molar-refractivity contribution is 5.92. The highest BCUT2D eigenvalue weighted by Gasteiger charge is 2.29. The van der Waals surface area contributed by atoms with E-state index in [0.29, 0.717) is 31.1 Å². The number of aromatic amines is 1. The summed E-state index contributed by atoms with van der Waals surface area (Å²) in [5.74, 6) is -0.0562. The summed E-state index contributed by atoms with van der Waals surface area (Å²) in [4.78, 5) is 19.8. The third kappa shape index (κ3) is 2.69. The van der Waals surface area contributed by atoms with Crippen molar-refractivity contribution >= 4 is 11.7 Å². The predicted molar refractivity (Wildman–Crippen MR) is 73.3 cm³/mol. The highest BCUT2D eigenvalue weighted by atomic mass is 19.1. The topological polar surface area (TPSA) is 78.0 Å². The molecule has 2 aromatic rings. The second kappa shape index (κ2) is 5.47. The number of pyridine rings is 1. The van der Waals surface area contributed by atoms with Crippen molar-refractivity contribution in [2.24, 2.45) is 0 Å². The molecular weight excluding hydrogens is 275 g/mol. The van der Waals surface area contributed by atoms with Gasteiger partial charge in [-0.05, 0) is 19.1 Å². The third-order valence-electron chi connectivity index (χ3n) is 3.54. The summed E-state index contributed by atoms with van der Waals surface area (Å²) in [5, 5.41) is 9.88. The van der Waals surface area contributed by atoms with Crippen LogP contribution in [0.3, 0.4) is 0 Å². The van der Waals surface area contributed by atoms with Gasteiger partial charge in [-0.2, -0.15) is 19.8 Å². The second-order valence-electron chi connectivity index (χ2n) is 4.97. The van der Waals surface area contributed by atoms with Gasteiger partial charge in [0.05, 0.1) is 6.20 Å². The van der Waals surface area contributed by atoms with Crippen molar-refractivity contribution in [1.82, 2.24) is 25.3 Å². The lowest BCUT2D eigenvalue weighted by atomic mass is 10.1. The van der Waals surface area contributed by atoms with Crippen LogP contribution in [-0.4, -0.2) is 56.9 Å². The Morgan fingerprint density at radius 3 is 2.95 bits per heavy atom. The first-order valence-corrected chi connectivity index (χ1v) is 6.69. The quantitative estimate of drug-likeness (QED) is 0.823. The Morgan fingerprint density at radius 2 is 2.29 bits per heavy atom. The number of nitrogens with zero attached hydrogens (tertiary/aromatic N) is 5. The molecule has 2 aromatic heterocycles. The van der Waals surface area contributed by atoms with Crippen LogP contribution in [-0.2, 0) is 0 Å². The highest BCUT2D eigenvalue weighted by Crippen LogP contribution is 2.19. The van der Waals surface area contributed by atoms with Crippen molar-refractivity contribution in [3.05, 3.63) is 36.0 Å². The molecule has 1 unspecified atom stereocenters. The summed E-state index contributed by atoms with van der Waals surface area (Å²) >= 11 is 0. The first-order valence-electron chi connectivity index (χ1n) is 6.69. The number of nitrogens with one attached hydrogen (secondary N) is 1. The Balaban J connectivity index is 1.71. The number of piperazine rings is 1. The van der Waals surface area contributed by atoms with Crippen LogP contribution in [0.5, 0.6) is 0 Å². The molecule has 7 nitrogen and oxygen atoms in total. The van der Waals surface area contributed by atoms with E-state index < -0.39 is 5.95 Å². The van der Waals surface area contributed by atoms with E-state index in [0.717, 1.165) is 0 Å². The monoisotopic (exact) mass is 290 g/mol. The molecular formula is C13H15FN6O. The first-order chi connectivity index (χ1) is 10.1. The summed E-state index contributed by atoms with van der Waals surface area (Å²) in [6.07, 6.45) is 1.41. The lowest BCUT2D eigenvalue weighted by molar-refractivity contribution is 0.0720. The number of halogens is 1. The fraction of sp³-hybridized carbons (Fsp3) is 0.385. The molecule has 110 valence electrons. The molecule has 0 saturated carbocycles. The molecule has 1 atom stereocenters. The predicted octanol–water partition coefficient (Wildman–Crippen LogP) is 0.690. The van der Waals surface area contributed by atoms with Gasteiger partial charge in [0.15, 0.2) is 5.69 Å². The van der Waals surface area contributed by atoms with E-state index in [-0.39, 0.29) is 11.9 Å². The third-order valence-corrected chi connectivity index (χ3v) is 3.54. The van der Waals surface area contributed by atoms with Crippen molar-refractivity contribution in [3.63, 3.8) is 0 Å². The van der Waals surface area contributed by atoms with Crippen molar-refractivity contribution in [1.29, 1.82) is 0 Å². The minimum absolute atomic E-state index is 0.0453. The average Bonchev–Trinajstić information content (AvgIpc) is 3.00. The van der Waals surface area contributed by atoms with E-state index in [1.165, 1.54) is 12.3 Å². The van der Waals surface area contributed by atoms with Crippen molar-refractivity contribution in [2.45, 2.75) is 13.0 Å². The largest absolute Gasteiger partial charge is 0.350 e. The van der Waals surface area contributed by atoms with Gasteiger partial charge in [-0.25, -0.2) is 4.98 Å². The second-order valence-corrected chi connectivity index (χ2v) is 4.97. The van der Waals surface area contributed by atoms with Crippen LogP contribution in [0.25, 0.3) is 0 Å². The minimum Gasteiger partial charge on any atom is -0.350 e. The zero-order chi connectivity index (χ0) is 14.8. The van der Waals surface area contributed by atoms with E-state index in [2.05, 4.69) is 20.4 Å². The Bertz CT molecular complexity index is 631. The van der Waals surface area contributed by atoms with E-state index >= 15 is 0 Å². The van der Waals surface area contributed by atoms with Gasteiger partial charge < -0.3 is 9.80 Å². The number of hydrogen-bond donors (Lipinski definition) is 1. The van der Waals surface area contributed by atoms with E-state index in [1.807, 2.05) is 11.8 Å². The zero-order valence-corrected chi connectivity index (χ0v) is 11.5. The van der Waals surface area contributed by atoms with Gasteiger partial charge in [-0.15, -0.1) is 0 Å². The molecule has 1 saturated heterocycles. The summed E-state index contributed by atoms with van der Waals surface area (Å²) in [7, 11) is 0. The van der Waals surface area contributed by atoms with Gasteiger partial charge in [0.25, 0.3) is 5.91 Å². The average molecular weight is 290 g/mol. The Hall–Kier alpha value is -2.51. The SMILES string of the molecule is CC1CN(C(=O)c2cn[nH]n2)CCN1c1cccc(F)n1. The molecule has 1 fully saturated rings. The first kappa shape index (κ1) is 13.5. The number of carbonyl (C=O) groups excluding carboxylic acids is 1. The molecule has 1 amide bonds. The Labute approximate surface area is 120 Å². The number of carbonyl (C=O) groups is 1. The van der Waals surface area contributed by atoms with Crippen LogP contribution < -0.4 is 4.90 Å². The standard InChI is InChI=1S/C13H15FN6O/c1-9-8-19(13(21)10-7-15-18-17-10)5-6-20(9)12-4-2-3-11(14)16-12/h2-4,7,9H,5-6,8H2,1H3,(H,15,17,18). The van der Waals surface area contributed by atoms with Gasteiger partial charge >= 0.3 is 0 Å². The van der Waals surface area contributed by atoms with Gasteiger partial charge in [0, 0.05) is 25.7 Å². The van der Waals surface area contributed by atoms with Gasteiger partial charge in [-0.3, -0.25) is 4.79 Å². The molecule has 3 heterocycles. The summed E-state index contributed by atoms with van der Waals surface area (Å²) in [6.45, 7) is 3.65. The molecule has 0 spiro atoms. The van der Waals surface area contributed by atoms with E-state index in [1.54, 1.807) is 17.0 Å². The van der Waals surface area contributed by atoms with Gasteiger partial charge in [-0.1, -0.05) is 6.07 Å². The minimum atomic E-state index is -0.499. The number of H-pyrrole nitrogens is 1. The number of amides is 1. The lowest BCUT2D eigenvalue weighted by Crippen LogP contribution is -2.54. The number of hydrogen-bond acceptors (Lipinski definition) is 5. The summed E-state index contributed by atoms with van der Waals surface area (Å²) in [6, 6.07) is 4.77. The number of anilines is 1. The molecule has 0 aromatic carbocycles. The molecule has 21 heavy (non-hydrogen) atoms. The Morgan fingerprint density at radius 1 is 1.43 bits per heavy atom. The zero-order valence-electron chi connectivity index (χ0n) is 11.5. The normalized spacial score (nSPS) is 18.9. The van der Waals surface area contributed by atoms with Crippen LogP contribution in [0.1, 0.15) is 17.4 Å². The maximum atomic E-state index is 13.2. The molecule has 1 aliphatic heterocycles. The molecule has 0 radical (unpaired) electrons. The molecule has 1 N–H and O–H groups in total. The molecule has 3 rings (SSSR count).